The molecule has 2 atom stereocenters. The van der Waals surface area contributed by atoms with Gasteiger partial charge >= 0.3 is 5.97 Å². The lowest BCUT2D eigenvalue weighted by molar-refractivity contribution is -0.122. The van der Waals surface area contributed by atoms with Crippen molar-refractivity contribution in [2.75, 3.05) is 16.8 Å². The fourth-order valence-corrected chi connectivity index (χ4v) is 4.13. The largest absolute Gasteiger partial charge is 0.452 e. The van der Waals surface area contributed by atoms with Crippen molar-refractivity contribution in [2.24, 2.45) is 11.8 Å². The highest BCUT2D eigenvalue weighted by atomic mass is 35.5. The lowest BCUT2D eigenvalue weighted by atomic mass is 9.85. The maximum absolute atomic E-state index is 12.8. The summed E-state index contributed by atoms with van der Waals surface area (Å²) in [5.41, 5.74) is 1.81. The van der Waals surface area contributed by atoms with Crippen molar-refractivity contribution in [1.82, 2.24) is 0 Å². The zero-order valence-corrected chi connectivity index (χ0v) is 18.1. The van der Waals surface area contributed by atoms with Crippen molar-refractivity contribution >= 4 is 46.7 Å². The Balaban J connectivity index is 1.41. The quantitative estimate of drug-likeness (QED) is 0.422. The summed E-state index contributed by atoms with van der Waals surface area (Å²) in [5.74, 6) is -2.48. The molecule has 4 rings (SSSR count). The van der Waals surface area contributed by atoms with E-state index in [0.29, 0.717) is 29.2 Å². The van der Waals surface area contributed by atoms with Gasteiger partial charge in [0.25, 0.3) is 5.91 Å². The van der Waals surface area contributed by atoms with Crippen LogP contribution in [-0.4, -0.2) is 30.3 Å². The van der Waals surface area contributed by atoms with E-state index in [1.54, 1.807) is 30.3 Å². The van der Waals surface area contributed by atoms with E-state index in [2.05, 4.69) is 5.32 Å². The van der Waals surface area contributed by atoms with Crippen molar-refractivity contribution in [3.8, 4) is 0 Å². The number of carbonyl (C=O) groups excluding carboxylic acids is 4. The van der Waals surface area contributed by atoms with Crippen molar-refractivity contribution in [3.05, 3.63) is 70.8 Å². The summed E-state index contributed by atoms with van der Waals surface area (Å²) in [7, 11) is 0. The predicted molar refractivity (Wildman–Crippen MR) is 119 cm³/mol. The number of carbonyl (C=O) groups is 4. The molecule has 1 aliphatic carbocycles. The first-order valence-electron chi connectivity index (χ1n) is 10.2. The summed E-state index contributed by atoms with van der Waals surface area (Å²) >= 11 is 5.94. The average molecular weight is 453 g/mol. The van der Waals surface area contributed by atoms with Gasteiger partial charge in [-0.05, 0) is 55.7 Å². The van der Waals surface area contributed by atoms with Gasteiger partial charge in [-0.15, -0.1) is 0 Å². The first-order valence-corrected chi connectivity index (χ1v) is 10.6. The van der Waals surface area contributed by atoms with Gasteiger partial charge in [-0.1, -0.05) is 35.9 Å². The summed E-state index contributed by atoms with van der Waals surface area (Å²) in [6.07, 6.45) is 4.91. The van der Waals surface area contributed by atoms with E-state index >= 15 is 0 Å². The van der Waals surface area contributed by atoms with Gasteiger partial charge in [0.1, 0.15) is 0 Å². The molecule has 2 aliphatic rings. The molecule has 2 aromatic carbocycles. The monoisotopic (exact) mass is 452 g/mol. The van der Waals surface area contributed by atoms with Gasteiger partial charge in [0.05, 0.1) is 23.1 Å². The van der Waals surface area contributed by atoms with Crippen LogP contribution in [0.2, 0.25) is 5.02 Å². The molecule has 0 spiro atoms. The zero-order chi connectivity index (χ0) is 22.8. The highest BCUT2D eigenvalue weighted by Crippen LogP contribution is 2.37. The minimum Gasteiger partial charge on any atom is -0.452 e. The minimum atomic E-state index is -0.733. The SMILES string of the molecule is Cc1ccc(Cl)cc1NC(=O)COC(=O)c1cccc(N2C(=O)[C@H]3CC=CC[C@H]3C2=O)c1. The summed E-state index contributed by atoms with van der Waals surface area (Å²) in [4.78, 5) is 51.3. The molecule has 0 saturated carbocycles. The number of halogens is 1. The van der Waals surface area contributed by atoms with Crippen LogP contribution in [0.1, 0.15) is 28.8 Å². The fraction of sp³-hybridized carbons (Fsp3) is 0.250. The van der Waals surface area contributed by atoms with Gasteiger partial charge in [-0.2, -0.15) is 0 Å². The summed E-state index contributed by atoms with van der Waals surface area (Å²) in [6.45, 7) is 1.32. The maximum atomic E-state index is 12.8. The number of allylic oxidation sites excluding steroid dienone is 2. The first kappa shape index (κ1) is 21.8. The number of fused-ring (bicyclic) bond motifs is 1. The molecule has 32 heavy (non-hydrogen) atoms. The number of benzene rings is 2. The Bertz CT molecular complexity index is 1120. The molecule has 0 radical (unpaired) electrons. The number of ether oxygens (including phenoxy) is 1. The highest BCUT2D eigenvalue weighted by molar-refractivity contribution is 6.31. The number of aryl methyl sites for hydroxylation is 1. The number of nitrogens with one attached hydrogen (secondary N) is 1. The Labute approximate surface area is 190 Å². The van der Waals surface area contributed by atoms with Crippen LogP contribution in [0.4, 0.5) is 11.4 Å². The third kappa shape index (κ3) is 4.29. The van der Waals surface area contributed by atoms with Crippen LogP contribution in [-0.2, 0) is 19.1 Å². The molecule has 0 aromatic heterocycles. The molecule has 1 heterocycles. The lowest BCUT2D eigenvalue weighted by Gasteiger charge is -2.15. The van der Waals surface area contributed by atoms with E-state index in [4.69, 9.17) is 16.3 Å². The van der Waals surface area contributed by atoms with Crippen LogP contribution in [0.15, 0.2) is 54.6 Å². The van der Waals surface area contributed by atoms with E-state index in [1.807, 2.05) is 19.1 Å². The Morgan fingerprint density at radius 2 is 1.75 bits per heavy atom. The molecular formula is C24H21ClN2O5. The number of anilines is 2. The molecule has 1 aliphatic heterocycles. The zero-order valence-electron chi connectivity index (χ0n) is 17.3. The molecule has 164 valence electrons. The Hall–Kier alpha value is -3.45. The third-order valence-corrected chi connectivity index (χ3v) is 5.89. The van der Waals surface area contributed by atoms with Crippen molar-refractivity contribution in [3.63, 3.8) is 0 Å². The number of esters is 1. The van der Waals surface area contributed by atoms with E-state index in [9.17, 15) is 19.2 Å². The standard InChI is InChI=1S/C24H21ClN2O5/c1-14-9-10-16(25)12-20(14)26-21(28)13-32-24(31)15-5-4-6-17(11-15)27-22(29)18-7-2-3-8-19(18)23(27)30/h2-6,9-12,18-19H,7-8,13H2,1H3,(H,26,28)/t18-,19+. The number of nitrogens with zero attached hydrogens (tertiary/aromatic N) is 1. The molecular weight excluding hydrogens is 432 g/mol. The van der Waals surface area contributed by atoms with Crippen LogP contribution in [0.25, 0.3) is 0 Å². The number of hydrogen-bond acceptors (Lipinski definition) is 5. The summed E-state index contributed by atoms with van der Waals surface area (Å²) in [6, 6.07) is 11.2. The van der Waals surface area contributed by atoms with Gasteiger partial charge in [0.15, 0.2) is 6.61 Å². The first-order chi connectivity index (χ1) is 15.3. The number of amides is 3. The second-order valence-electron chi connectivity index (χ2n) is 7.80. The Morgan fingerprint density at radius 3 is 2.44 bits per heavy atom. The number of rotatable bonds is 5. The van der Waals surface area contributed by atoms with E-state index < -0.39 is 18.5 Å². The van der Waals surface area contributed by atoms with Gasteiger partial charge in [-0.25, -0.2) is 4.79 Å². The second kappa shape index (κ2) is 8.96. The molecule has 8 heteroatoms. The molecule has 1 fully saturated rings. The topological polar surface area (TPSA) is 92.8 Å². The highest BCUT2D eigenvalue weighted by Gasteiger charge is 2.47. The van der Waals surface area contributed by atoms with E-state index in [-0.39, 0.29) is 29.2 Å². The molecule has 2 aromatic rings. The van der Waals surface area contributed by atoms with E-state index in [1.165, 1.54) is 12.1 Å². The normalized spacial score (nSPS) is 19.6. The fourth-order valence-electron chi connectivity index (χ4n) is 3.96. The molecule has 1 saturated heterocycles. The molecule has 0 bridgehead atoms. The number of imide groups is 1. The summed E-state index contributed by atoms with van der Waals surface area (Å²) in [5, 5.41) is 3.12. The van der Waals surface area contributed by atoms with Crippen LogP contribution < -0.4 is 10.2 Å². The maximum Gasteiger partial charge on any atom is 0.338 e. The van der Waals surface area contributed by atoms with E-state index in [0.717, 1.165) is 10.5 Å². The van der Waals surface area contributed by atoms with Gasteiger partial charge in [-0.3, -0.25) is 19.3 Å². The molecule has 7 nitrogen and oxygen atoms in total. The van der Waals surface area contributed by atoms with Crippen LogP contribution in [0, 0.1) is 18.8 Å². The van der Waals surface area contributed by atoms with Gasteiger partial charge in [0.2, 0.25) is 11.8 Å². The van der Waals surface area contributed by atoms with Gasteiger partial charge < -0.3 is 10.1 Å². The van der Waals surface area contributed by atoms with Crippen LogP contribution >= 0.6 is 11.6 Å². The molecule has 1 N–H and O–H groups in total. The Kier molecular flexibility index (Phi) is 6.10. The predicted octanol–water partition coefficient (Wildman–Crippen LogP) is 3.90. The van der Waals surface area contributed by atoms with Crippen molar-refractivity contribution in [2.45, 2.75) is 19.8 Å². The minimum absolute atomic E-state index is 0.142. The summed E-state index contributed by atoms with van der Waals surface area (Å²) < 4.78 is 5.12. The smallest absolute Gasteiger partial charge is 0.338 e. The second-order valence-corrected chi connectivity index (χ2v) is 8.24. The third-order valence-electron chi connectivity index (χ3n) is 5.66. The Morgan fingerprint density at radius 1 is 1.06 bits per heavy atom. The average Bonchev–Trinajstić information content (AvgIpc) is 3.05. The number of hydrogen-bond donors (Lipinski definition) is 1. The van der Waals surface area contributed by atoms with Crippen molar-refractivity contribution < 1.29 is 23.9 Å². The van der Waals surface area contributed by atoms with Crippen molar-refractivity contribution in [1.29, 1.82) is 0 Å². The molecule has 3 amide bonds. The van der Waals surface area contributed by atoms with Crippen LogP contribution in [0.3, 0.4) is 0 Å². The van der Waals surface area contributed by atoms with Crippen LogP contribution in [0.5, 0.6) is 0 Å². The van der Waals surface area contributed by atoms with Gasteiger partial charge in [0, 0.05) is 10.7 Å². The molecule has 0 unspecified atom stereocenters. The lowest BCUT2D eigenvalue weighted by Crippen LogP contribution is -2.31.